The molecule has 3 unspecified atom stereocenters. The van der Waals surface area contributed by atoms with Crippen molar-refractivity contribution >= 4 is 62.8 Å². The predicted molar refractivity (Wildman–Crippen MR) is 167 cm³/mol. The van der Waals surface area contributed by atoms with E-state index in [4.69, 9.17) is 4.74 Å². The summed E-state index contributed by atoms with van der Waals surface area (Å²) in [6.07, 6.45) is 9.24. The quantitative estimate of drug-likeness (QED) is 0.202. The molecule has 2 amide bonds. The van der Waals surface area contributed by atoms with E-state index in [1.54, 1.807) is 19.9 Å². The Hall–Kier alpha value is -2.44. The number of cyclic esters (lactones) is 1. The van der Waals surface area contributed by atoms with Crippen LogP contribution >= 0.6 is 34.9 Å². The minimum atomic E-state index is -1.09. The predicted octanol–water partition coefficient (Wildman–Crippen LogP) is 4.95. The van der Waals surface area contributed by atoms with Gasteiger partial charge < -0.3 is 15.4 Å². The van der Waals surface area contributed by atoms with Gasteiger partial charge in [-0.25, -0.2) is 9.78 Å². The Balaban J connectivity index is 1.66. The Morgan fingerprint density at radius 2 is 2.05 bits per heavy atom. The van der Waals surface area contributed by atoms with Crippen LogP contribution in [0.2, 0.25) is 0 Å². The highest BCUT2D eigenvalue weighted by Crippen LogP contribution is 2.32. The molecule has 0 radical (unpaired) electrons. The molecule has 41 heavy (non-hydrogen) atoms. The maximum Gasteiger partial charge on any atom is 0.333 e. The summed E-state index contributed by atoms with van der Waals surface area (Å²) in [5.41, 5.74) is -0.00585. The van der Waals surface area contributed by atoms with Gasteiger partial charge in [0.05, 0.1) is 13.0 Å². The highest BCUT2D eigenvalue weighted by atomic mass is 32.2. The molecule has 12 heteroatoms. The number of allylic oxidation sites excluding steroid dienone is 1. The second kappa shape index (κ2) is 16.3. The van der Waals surface area contributed by atoms with E-state index >= 15 is 0 Å². The average Bonchev–Trinajstić information content (AvgIpc) is 3.56. The molecule has 2 N–H and O–H groups in total. The Morgan fingerprint density at radius 1 is 1.27 bits per heavy atom. The van der Waals surface area contributed by atoms with Crippen molar-refractivity contribution in [3.63, 3.8) is 0 Å². The minimum Gasteiger partial charge on any atom is -0.456 e. The van der Waals surface area contributed by atoms with Crippen LogP contribution in [0.3, 0.4) is 0 Å². The van der Waals surface area contributed by atoms with Crippen molar-refractivity contribution in [1.82, 2.24) is 15.6 Å². The van der Waals surface area contributed by atoms with Crippen molar-refractivity contribution < 1.29 is 23.9 Å². The van der Waals surface area contributed by atoms with Crippen molar-refractivity contribution in [2.24, 2.45) is 4.99 Å². The summed E-state index contributed by atoms with van der Waals surface area (Å²) in [5.74, 6) is -0.411. The smallest absolute Gasteiger partial charge is 0.333 e. The SMILES string of the molecule is C=C(C)C1NC(=O)C2(C)CSC(=N2)c2csc(n2)CNC(=O)CC(C=CCCSC(=O)CCCCCCC)OC1=O. The van der Waals surface area contributed by atoms with Crippen LogP contribution in [0.15, 0.2) is 34.7 Å². The lowest BCUT2D eigenvalue weighted by atomic mass is 10.0. The first-order valence-electron chi connectivity index (χ1n) is 14.0. The van der Waals surface area contributed by atoms with Crippen molar-refractivity contribution in [3.8, 4) is 0 Å². The number of fused-ring (bicyclic) bond motifs is 4. The molecule has 9 nitrogen and oxygen atoms in total. The number of hydrogen-bond acceptors (Lipinski definition) is 10. The van der Waals surface area contributed by atoms with Crippen LogP contribution in [0, 0.1) is 0 Å². The molecule has 3 rings (SSSR count). The largest absolute Gasteiger partial charge is 0.456 e. The summed E-state index contributed by atoms with van der Waals surface area (Å²) in [4.78, 5) is 60.6. The van der Waals surface area contributed by atoms with E-state index in [-0.39, 0.29) is 24.0 Å². The second-order valence-electron chi connectivity index (χ2n) is 10.4. The standard InChI is InChI=1S/C29H40N4O5S3/c1-5-6-7-8-9-13-24(35)39-14-11-10-12-20-15-22(34)30-16-23-31-21(17-40-23)26-33-29(4,18-41-26)28(37)32-25(19(2)3)27(36)38-20/h10,12,17,20,25H,2,5-9,11,13-16,18H2,1,3-4H3,(H,30,34)(H,32,37). The maximum absolute atomic E-state index is 13.2. The molecule has 3 heterocycles. The lowest BCUT2D eigenvalue weighted by Gasteiger charge is -2.25. The van der Waals surface area contributed by atoms with Gasteiger partial charge in [-0.15, -0.1) is 23.1 Å². The molecule has 1 aromatic rings. The maximum atomic E-state index is 13.2. The first-order chi connectivity index (χ1) is 19.6. The van der Waals surface area contributed by atoms with Crippen molar-refractivity contribution in [1.29, 1.82) is 0 Å². The third-order valence-electron chi connectivity index (χ3n) is 6.58. The normalized spacial score (nSPS) is 23.6. The molecule has 3 atom stereocenters. The number of thioether (sulfide) groups is 2. The van der Waals surface area contributed by atoms with Crippen LogP contribution in [0.1, 0.15) is 82.8 Å². The molecule has 0 spiro atoms. The number of amides is 2. The fourth-order valence-electron chi connectivity index (χ4n) is 4.13. The van der Waals surface area contributed by atoms with Gasteiger partial charge in [-0.2, -0.15) is 0 Å². The number of nitrogens with zero attached hydrogens (tertiary/aromatic N) is 2. The summed E-state index contributed by atoms with van der Waals surface area (Å²) in [6, 6.07) is -1.09. The number of thiazole rings is 1. The third kappa shape index (κ3) is 10.4. The Labute approximate surface area is 254 Å². The summed E-state index contributed by atoms with van der Waals surface area (Å²) < 4.78 is 5.71. The zero-order chi connectivity index (χ0) is 29.8. The number of aromatic nitrogens is 1. The van der Waals surface area contributed by atoms with Gasteiger partial charge in [0.25, 0.3) is 0 Å². The number of carbonyl (C=O) groups is 4. The minimum absolute atomic E-state index is 0.0958. The molecule has 0 saturated carbocycles. The van der Waals surface area contributed by atoms with E-state index in [1.807, 2.05) is 11.5 Å². The number of hydrogen-bond donors (Lipinski definition) is 2. The van der Waals surface area contributed by atoms with Crippen LogP contribution < -0.4 is 10.6 Å². The number of carbonyl (C=O) groups excluding carboxylic acids is 4. The van der Waals surface area contributed by atoms with E-state index in [9.17, 15) is 19.2 Å². The molecule has 1 aromatic heterocycles. The molecule has 224 valence electrons. The molecular formula is C29H40N4O5S3. The molecule has 0 aliphatic carbocycles. The number of aliphatic imine (C=N–C) groups is 1. The van der Waals surface area contributed by atoms with Crippen molar-refractivity contribution in [2.45, 2.75) is 96.4 Å². The highest BCUT2D eigenvalue weighted by molar-refractivity contribution is 8.14. The van der Waals surface area contributed by atoms with Gasteiger partial charge in [0, 0.05) is 23.3 Å². The van der Waals surface area contributed by atoms with Gasteiger partial charge in [-0.05, 0) is 38.3 Å². The Kier molecular flexibility index (Phi) is 13.1. The first kappa shape index (κ1) is 33.1. The molecule has 0 fully saturated rings. The van der Waals surface area contributed by atoms with E-state index < -0.39 is 29.6 Å². The van der Waals surface area contributed by atoms with Gasteiger partial charge >= 0.3 is 5.97 Å². The Bertz CT molecular complexity index is 1180. The molecule has 2 aliphatic heterocycles. The lowest BCUT2D eigenvalue weighted by molar-refractivity contribution is -0.151. The molecule has 2 aliphatic rings. The molecule has 0 saturated heterocycles. The van der Waals surface area contributed by atoms with Gasteiger partial charge in [0.1, 0.15) is 33.4 Å². The number of rotatable bonds is 11. The van der Waals surface area contributed by atoms with E-state index in [0.29, 0.717) is 45.7 Å². The fourth-order valence-corrected chi connectivity index (χ4v) is 6.83. The van der Waals surface area contributed by atoms with Crippen LogP contribution in [0.25, 0.3) is 0 Å². The number of unbranched alkanes of at least 4 members (excludes halogenated alkanes) is 4. The van der Waals surface area contributed by atoms with Gasteiger partial charge in [0.2, 0.25) is 11.8 Å². The van der Waals surface area contributed by atoms with Gasteiger partial charge in [-0.1, -0.05) is 57.0 Å². The van der Waals surface area contributed by atoms with Crippen molar-refractivity contribution in [3.05, 3.63) is 40.4 Å². The molecule has 0 aromatic carbocycles. The van der Waals surface area contributed by atoms with E-state index in [0.717, 1.165) is 12.8 Å². The van der Waals surface area contributed by atoms with Crippen LogP contribution in [0.4, 0.5) is 0 Å². The first-order valence-corrected chi connectivity index (χ1v) is 16.9. The van der Waals surface area contributed by atoms with Crippen LogP contribution in [-0.2, 0) is 30.5 Å². The number of esters is 1. The lowest BCUT2D eigenvalue weighted by Crippen LogP contribution is -2.51. The zero-order valence-corrected chi connectivity index (χ0v) is 26.5. The van der Waals surface area contributed by atoms with E-state index in [1.165, 1.54) is 54.1 Å². The highest BCUT2D eigenvalue weighted by Gasteiger charge is 2.41. The second-order valence-corrected chi connectivity index (χ2v) is 13.5. The topological polar surface area (TPSA) is 127 Å². The summed E-state index contributed by atoms with van der Waals surface area (Å²) in [5, 5.41) is 8.99. The van der Waals surface area contributed by atoms with Gasteiger partial charge in [-0.3, -0.25) is 19.4 Å². The average molecular weight is 621 g/mol. The summed E-state index contributed by atoms with van der Waals surface area (Å²) in [7, 11) is 0. The Morgan fingerprint density at radius 3 is 2.80 bits per heavy atom. The van der Waals surface area contributed by atoms with Crippen LogP contribution in [-0.4, -0.2) is 62.1 Å². The number of ether oxygens (including phenoxy) is 1. The van der Waals surface area contributed by atoms with Crippen LogP contribution in [0.5, 0.6) is 0 Å². The molecule has 4 bridgehead atoms. The zero-order valence-electron chi connectivity index (χ0n) is 24.0. The van der Waals surface area contributed by atoms with Gasteiger partial charge in [0.15, 0.2) is 5.12 Å². The fraction of sp³-hybridized carbons (Fsp3) is 0.586. The monoisotopic (exact) mass is 620 g/mol. The third-order valence-corrected chi connectivity index (χ3v) is 9.67. The number of nitrogens with one attached hydrogen (secondary N) is 2. The summed E-state index contributed by atoms with van der Waals surface area (Å²) in [6.45, 7) is 9.62. The van der Waals surface area contributed by atoms with E-state index in [2.05, 4.69) is 34.1 Å². The molecular weight excluding hydrogens is 581 g/mol. The van der Waals surface area contributed by atoms with Crippen molar-refractivity contribution in [2.75, 3.05) is 11.5 Å². The summed E-state index contributed by atoms with van der Waals surface area (Å²) >= 11 is 4.13.